The molecule has 0 spiro atoms. The zero-order valence-electron chi connectivity index (χ0n) is 20.6. The Kier molecular flexibility index (Phi) is 5.26. The van der Waals surface area contributed by atoms with Crippen molar-refractivity contribution in [1.82, 2.24) is 4.90 Å². The molecule has 3 aromatic rings. The number of benzene rings is 3. The Bertz CT molecular complexity index is 1240. The summed E-state index contributed by atoms with van der Waals surface area (Å²) in [6.45, 7) is 6.72. The van der Waals surface area contributed by atoms with Crippen LogP contribution in [0.5, 0.6) is 5.75 Å². The smallest absolute Gasteiger partial charge is 0.235 e. The number of hydrogen-bond acceptors (Lipinski definition) is 3. The third kappa shape index (κ3) is 3.58. The van der Waals surface area contributed by atoms with E-state index in [1.165, 1.54) is 11.1 Å². The van der Waals surface area contributed by atoms with Crippen molar-refractivity contribution in [3.63, 3.8) is 0 Å². The van der Waals surface area contributed by atoms with Crippen molar-refractivity contribution in [1.29, 1.82) is 0 Å². The van der Waals surface area contributed by atoms with Gasteiger partial charge in [-0.15, -0.1) is 0 Å². The minimum Gasteiger partial charge on any atom is -0.508 e. The molecule has 1 unspecified atom stereocenters. The van der Waals surface area contributed by atoms with E-state index in [9.17, 15) is 9.90 Å². The van der Waals surface area contributed by atoms with E-state index in [1.807, 2.05) is 60.7 Å². The number of anilines is 1. The van der Waals surface area contributed by atoms with Crippen molar-refractivity contribution in [3.05, 3.63) is 95.6 Å². The fourth-order valence-electron chi connectivity index (χ4n) is 7.02. The van der Waals surface area contributed by atoms with Crippen LogP contribution in [-0.2, 0) is 22.0 Å². The molecule has 2 N–H and O–H groups in total. The lowest BCUT2D eigenvalue weighted by atomic mass is 9.59. The van der Waals surface area contributed by atoms with Gasteiger partial charge in [0.05, 0.1) is 5.41 Å². The molecule has 0 radical (unpaired) electrons. The predicted octanol–water partition coefficient (Wildman–Crippen LogP) is 5.51. The van der Waals surface area contributed by atoms with Gasteiger partial charge in [-0.2, -0.15) is 0 Å². The maximum atomic E-state index is 13.7. The molecule has 2 bridgehead atoms. The molecule has 1 heterocycles. The summed E-state index contributed by atoms with van der Waals surface area (Å²) >= 11 is 0. The second kappa shape index (κ2) is 8.23. The molecular weight excluding hydrogens is 432 g/mol. The lowest BCUT2D eigenvalue weighted by Crippen LogP contribution is -2.58. The van der Waals surface area contributed by atoms with Crippen molar-refractivity contribution in [3.8, 4) is 5.75 Å². The SMILES string of the molecule is C[C@H]1C2Cc3ccc(O)cc3[C@@]1(C)CCN2C[C@H]1C[C@]1(C(=O)Nc1ccccc1)c1ccccc1. The first-order valence-corrected chi connectivity index (χ1v) is 12.9. The molecule has 3 aliphatic rings. The summed E-state index contributed by atoms with van der Waals surface area (Å²) < 4.78 is 0. The summed E-state index contributed by atoms with van der Waals surface area (Å²) in [4.78, 5) is 16.4. The number of para-hydroxylation sites is 1. The van der Waals surface area contributed by atoms with Crippen LogP contribution in [-0.4, -0.2) is 35.0 Å². The molecule has 0 aromatic heterocycles. The van der Waals surface area contributed by atoms with Crippen LogP contribution in [0, 0.1) is 11.8 Å². The van der Waals surface area contributed by atoms with E-state index in [2.05, 4.69) is 42.3 Å². The molecule has 5 atom stereocenters. The van der Waals surface area contributed by atoms with Crippen molar-refractivity contribution in [2.45, 2.75) is 50.0 Å². The number of carbonyl (C=O) groups excluding carboxylic acids is 1. The molecule has 6 rings (SSSR count). The van der Waals surface area contributed by atoms with Gasteiger partial charge >= 0.3 is 0 Å². The van der Waals surface area contributed by atoms with Gasteiger partial charge in [-0.05, 0) is 84.0 Å². The normalized spacial score (nSPS) is 31.4. The van der Waals surface area contributed by atoms with Gasteiger partial charge in [0.15, 0.2) is 0 Å². The number of hydrogen-bond donors (Lipinski definition) is 2. The van der Waals surface area contributed by atoms with E-state index in [0.717, 1.165) is 43.6 Å². The molecule has 1 aliphatic heterocycles. The van der Waals surface area contributed by atoms with E-state index >= 15 is 0 Å². The third-order valence-electron chi connectivity index (χ3n) is 9.39. The summed E-state index contributed by atoms with van der Waals surface area (Å²) in [5.41, 5.74) is 4.28. The molecule has 2 fully saturated rings. The van der Waals surface area contributed by atoms with Crippen LogP contribution in [0.1, 0.15) is 43.4 Å². The highest BCUT2D eigenvalue weighted by molar-refractivity contribution is 6.02. The van der Waals surface area contributed by atoms with Gasteiger partial charge in [-0.25, -0.2) is 0 Å². The average molecular weight is 467 g/mol. The molecule has 35 heavy (non-hydrogen) atoms. The van der Waals surface area contributed by atoms with Crippen LogP contribution in [0.2, 0.25) is 0 Å². The van der Waals surface area contributed by atoms with Crippen LogP contribution in [0.4, 0.5) is 5.69 Å². The van der Waals surface area contributed by atoms with Crippen molar-refractivity contribution < 1.29 is 9.90 Å². The highest BCUT2D eigenvalue weighted by Crippen LogP contribution is 2.57. The van der Waals surface area contributed by atoms with Gasteiger partial charge in [0, 0.05) is 18.3 Å². The van der Waals surface area contributed by atoms with Crippen LogP contribution < -0.4 is 5.32 Å². The molecule has 2 aliphatic carbocycles. The molecule has 180 valence electrons. The van der Waals surface area contributed by atoms with Gasteiger partial charge in [0.1, 0.15) is 5.75 Å². The number of phenols is 1. The minimum absolute atomic E-state index is 0.0816. The number of aromatic hydroxyl groups is 1. The number of amides is 1. The lowest BCUT2D eigenvalue weighted by molar-refractivity contribution is -0.119. The average Bonchev–Trinajstić information content (AvgIpc) is 3.60. The Hall–Kier alpha value is -3.11. The summed E-state index contributed by atoms with van der Waals surface area (Å²) in [7, 11) is 0. The molecule has 4 nitrogen and oxygen atoms in total. The third-order valence-corrected chi connectivity index (χ3v) is 9.39. The number of phenolic OH excluding ortho intramolecular Hbond substituents is 1. The van der Waals surface area contributed by atoms with Crippen molar-refractivity contribution in [2.75, 3.05) is 18.4 Å². The summed E-state index contributed by atoms with van der Waals surface area (Å²) in [5, 5.41) is 13.3. The Morgan fingerprint density at radius 2 is 1.77 bits per heavy atom. The highest BCUT2D eigenvalue weighted by Gasteiger charge is 2.62. The van der Waals surface area contributed by atoms with E-state index in [-0.39, 0.29) is 11.3 Å². The van der Waals surface area contributed by atoms with Crippen LogP contribution in [0.3, 0.4) is 0 Å². The van der Waals surface area contributed by atoms with Crippen molar-refractivity contribution in [2.24, 2.45) is 11.8 Å². The van der Waals surface area contributed by atoms with Crippen LogP contribution >= 0.6 is 0 Å². The maximum absolute atomic E-state index is 13.7. The van der Waals surface area contributed by atoms with E-state index < -0.39 is 5.41 Å². The molecule has 1 amide bonds. The second-order valence-electron chi connectivity index (χ2n) is 11.1. The lowest BCUT2D eigenvalue weighted by Gasteiger charge is -2.55. The first-order valence-electron chi connectivity index (χ1n) is 12.9. The van der Waals surface area contributed by atoms with Gasteiger partial charge in [-0.3, -0.25) is 9.69 Å². The van der Waals surface area contributed by atoms with E-state index in [4.69, 9.17) is 0 Å². The van der Waals surface area contributed by atoms with Crippen LogP contribution in [0.25, 0.3) is 0 Å². The second-order valence-corrected chi connectivity index (χ2v) is 11.1. The molecule has 1 saturated heterocycles. The zero-order valence-corrected chi connectivity index (χ0v) is 20.6. The van der Waals surface area contributed by atoms with Gasteiger partial charge < -0.3 is 10.4 Å². The fourth-order valence-corrected chi connectivity index (χ4v) is 7.02. The van der Waals surface area contributed by atoms with Gasteiger partial charge in [0.25, 0.3) is 0 Å². The maximum Gasteiger partial charge on any atom is 0.235 e. The fraction of sp³-hybridized carbons (Fsp3) is 0.387. The highest BCUT2D eigenvalue weighted by atomic mass is 16.3. The summed E-state index contributed by atoms with van der Waals surface area (Å²) in [6, 6.07) is 26.5. The number of likely N-dealkylation sites (tertiary alicyclic amines) is 1. The Morgan fingerprint density at radius 1 is 1.06 bits per heavy atom. The molecule has 3 aromatic carbocycles. The number of piperidine rings is 1. The number of nitrogens with one attached hydrogen (secondary N) is 1. The Morgan fingerprint density at radius 3 is 2.51 bits per heavy atom. The predicted molar refractivity (Wildman–Crippen MR) is 140 cm³/mol. The van der Waals surface area contributed by atoms with Gasteiger partial charge in [0.2, 0.25) is 5.91 Å². The minimum atomic E-state index is -0.473. The van der Waals surface area contributed by atoms with E-state index in [0.29, 0.717) is 23.6 Å². The molecule has 4 heteroatoms. The quantitative estimate of drug-likeness (QED) is 0.521. The zero-order chi connectivity index (χ0) is 24.2. The Labute approximate surface area is 208 Å². The number of rotatable bonds is 5. The standard InChI is InChI=1S/C31H34N2O2/c1-21-28-17-22-13-14-26(34)18-27(22)30(21,2)15-16-33(28)20-24-19-31(24,23-9-5-3-6-10-23)29(35)32-25-11-7-4-8-12-25/h3-14,18,21,24,28,34H,15-17,19-20H2,1-2H3,(H,32,35)/t21-,24+,28?,30-,31-/m0/s1. The first kappa shape index (κ1) is 22.4. The largest absolute Gasteiger partial charge is 0.508 e. The first-order chi connectivity index (χ1) is 16.9. The molecule has 1 saturated carbocycles. The number of carbonyl (C=O) groups is 1. The monoisotopic (exact) mass is 466 g/mol. The van der Waals surface area contributed by atoms with Crippen molar-refractivity contribution >= 4 is 11.6 Å². The van der Waals surface area contributed by atoms with E-state index in [1.54, 1.807) is 0 Å². The number of nitrogens with zero attached hydrogens (tertiary/aromatic N) is 1. The van der Waals surface area contributed by atoms with Gasteiger partial charge in [-0.1, -0.05) is 68.4 Å². The topological polar surface area (TPSA) is 52.6 Å². The summed E-state index contributed by atoms with van der Waals surface area (Å²) in [6.07, 6.45) is 2.96. The number of fused-ring (bicyclic) bond motifs is 4. The summed E-state index contributed by atoms with van der Waals surface area (Å²) in [5.74, 6) is 1.27. The Balaban J connectivity index is 1.26. The van der Waals surface area contributed by atoms with Crippen LogP contribution in [0.15, 0.2) is 78.9 Å². The molecular formula is C31H34N2O2.